The zero-order valence-electron chi connectivity index (χ0n) is 20.9. The van der Waals surface area contributed by atoms with Crippen LogP contribution in [0.4, 0.5) is 11.4 Å². The quantitative estimate of drug-likeness (QED) is 0.282. The normalized spacial score (nSPS) is 13.9. The third kappa shape index (κ3) is 4.81. The number of hydrogen-bond donors (Lipinski definition) is 1. The van der Waals surface area contributed by atoms with E-state index in [2.05, 4.69) is 78.8 Å². The van der Waals surface area contributed by atoms with E-state index >= 15 is 0 Å². The molecule has 0 unspecified atom stereocenters. The lowest BCUT2D eigenvalue weighted by atomic mass is 10.1. The molecule has 0 spiro atoms. The predicted octanol–water partition coefficient (Wildman–Crippen LogP) is 5.76. The minimum Gasteiger partial charge on any atom is -0.370 e. The van der Waals surface area contributed by atoms with E-state index in [4.69, 9.17) is 0 Å². The van der Waals surface area contributed by atoms with Gasteiger partial charge in [0.1, 0.15) is 0 Å². The third-order valence-electron chi connectivity index (χ3n) is 6.94. The number of fused-ring (bicyclic) bond motifs is 3. The number of aromatic nitrogens is 4. The summed E-state index contributed by atoms with van der Waals surface area (Å²) in [5, 5.41) is 12.8. The van der Waals surface area contributed by atoms with E-state index in [1.54, 1.807) is 0 Å². The van der Waals surface area contributed by atoms with E-state index in [1.165, 1.54) is 42.2 Å². The van der Waals surface area contributed by atoms with Gasteiger partial charge in [0.25, 0.3) is 0 Å². The Morgan fingerprint density at radius 3 is 2.43 bits per heavy atom. The highest BCUT2D eigenvalue weighted by atomic mass is 32.2. The van der Waals surface area contributed by atoms with Crippen LogP contribution in [-0.2, 0) is 11.3 Å². The second-order valence-corrected chi connectivity index (χ2v) is 10.5. The van der Waals surface area contributed by atoms with Gasteiger partial charge in [-0.2, -0.15) is 0 Å². The van der Waals surface area contributed by atoms with Gasteiger partial charge in [0.2, 0.25) is 11.7 Å². The Hall–Kier alpha value is -3.78. The summed E-state index contributed by atoms with van der Waals surface area (Å²) in [4.78, 5) is 15.4. The van der Waals surface area contributed by atoms with Gasteiger partial charge in [-0.3, -0.25) is 9.20 Å². The fourth-order valence-electron chi connectivity index (χ4n) is 5.07. The number of thioether (sulfide) groups is 1. The van der Waals surface area contributed by atoms with Gasteiger partial charge in [-0.15, -0.1) is 10.2 Å². The van der Waals surface area contributed by atoms with Crippen LogP contribution in [0.2, 0.25) is 0 Å². The molecule has 1 fully saturated rings. The van der Waals surface area contributed by atoms with Crippen molar-refractivity contribution in [1.82, 2.24) is 19.2 Å². The van der Waals surface area contributed by atoms with Crippen LogP contribution in [-0.4, -0.2) is 43.9 Å². The van der Waals surface area contributed by atoms with Crippen LogP contribution in [0.15, 0.2) is 78.0 Å². The first-order valence-corrected chi connectivity index (χ1v) is 13.8. The van der Waals surface area contributed by atoms with E-state index in [-0.39, 0.29) is 11.7 Å². The number of piperidine rings is 1. The molecule has 3 heterocycles. The molecule has 188 valence electrons. The van der Waals surface area contributed by atoms with Crippen LogP contribution >= 0.6 is 11.8 Å². The molecule has 7 nitrogen and oxygen atoms in total. The number of carbonyl (C=O) groups is 1. The molecule has 37 heavy (non-hydrogen) atoms. The molecular formula is C29H30N6OS. The molecule has 1 N–H and O–H groups in total. The number of rotatable bonds is 7. The lowest BCUT2D eigenvalue weighted by molar-refractivity contribution is -0.113. The second kappa shape index (κ2) is 10.3. The van der Waals surface area contributed by atoms with Gasteiger partial charge in [0, 0.05) is 13.1 Å². The largest absolute Gasteiger partial charge is 0.370 e. The van der Waals surface area contributed by atoms with Crippen LogP contribution in [0.1, 0.15) is 30.4 Å². The molecule has 1 saturated heterocycles. The third-order valence-corrected chi connectivity index (χ3v) is 7.87. The molecule has 1 aliphatic rings. The fraction of sp³-hybridized carbons (Fsp3) is 0.276. The number of amides is 1. The number of aryl methyl sites for hydroxylation is 1. The highest BCUT2D eigenvalue weighted by molar-refractivity contribution is 7.99. The van der Waals surface area contributed by atoms with Crippen molar-refractivity contribution in [3.63, 3.8) is 0 Å². The zero-order valence-corrected chi connectivity index (χ0v) is 21.7. The molecule has 5 aromatic rings. The van der Waals surface area contributed by atoms with E-state index in [0.29, 0.717) is 11.7 Å². The van der Waals surface area contributed by atoms with Crippen molar-refractivity contribution in [3.8, 4) is 0 Å². The molecule has 0 atom stereocenters. The molecule has 0 saturated carbocycles. The Morgan fingerprint density at radius 2 is 1.62 bits per heavy atom. The number of benzene rings is 3. The summed E-state index contributed by atoms with van der Waals surface area (Å²) in [6.07, 6.45) is 3.66. The Balaban J connectivity index is 1.22. The smallest absolute Gasteiger partial charge is 0.237 e. The monoisotopic (exact) mass is 510 g/mol. The maximum absolute atomic E-state index is 13.0. The predicted molar refractivity (Wildman–Crippen MR) is 151 cm³/mol. The first kappa shape index (κ1) is 23.6. The van der Waals surface area contributed by atoms with Gasteiger partial charge in [-0.1, -0.05) is 65.9 Å². The van der Waals surface area contributed by atoms with Gasteiger partial charge < -0.3 is 14.8 Å². The summed E-state index contributed by atoms with van der Waals surface area (Å²) in [5.41, 5.74) is 6.55. The topological polar surface area (TPSA) is 67.5 Å². The molecule has 1 amide bonds. The van der Waals surface area contributed by atoms with Crippen molar-refractivity contribution >= 4 is 45.9 Å². The summed E-state index contributed by atoms with van der Waals surface area (Å²) in [6.45, 7) is 4.86. The van der Waals surface area contributed by atoms with Crippen LogP contribution in [0, 0.1) is 6.92 Å². The maximum atomic E-state index is 13.0. The van der Waals surface area contributed by atoms with Crippen molar-refractivity contribution in [3.05, 3.63) is 83.9 Å². The number of hydrogen-bond acceptors (Lipinski definition) is 5. The van der Waals surface area contributed by atoms with Gasteiger partial charge in [-0.05, 0) is 56.0 Å². The average Bonchev–Trinajstić information content (AvgIpc) is 3.49. The summed E-state index contributed by atoms with van der Waals surface area (Å²) < 4.78 is 4.25. The van der Waals surface area contributed by atoms with Crippen LogP contribution in [0.3, 0.4) is 0 Å². The molecule has 8 heteroatoms. The average molecular weight is 511 g/mol. The van der Waals surface area contributed by atoms with Crippen LogP contribution in [0.5, 0.6) is 0 Å². The Morgan fingerprint density at radius 1 is 0.892 bits per heavy atom. The number of nitrogens with one attached hydrogen (secondary N) is 1. The van der Waals surface area contributed by atoms with Crippen LogP contribution in [0.25, 0.3) is 16.8 Å². The molecule has 3 aromatic carbocycles. The first-order chi connectivity index (χ1) is 18.2. The minimum absolute atomic E-state index is 0.0467. The second-order valence-electron chi connectivity index (χ2n) is 9.58. The Labute approximate surface area is 220 Å². The minimum atomic E-state index is -0.0467. The number of anilines is 2. The van der Waals surface area contributed by atoms with Crippen molar-refractivity contribution in [2.45, 2.75) is 37.9 Å². The summed E-state index contributed by atoms with van der Waals surface area (Å²) in [5.74, 6) is 0.988. The molecule has 0 bridgehead atoms. The van der Waals surface area contributed by atoms with E-state index in [9.17, 15) is 4.79 Å². The van der Waals surface area contributed by atoms with E-state index in [0.717, 1.165) is 41.3 Å². The first-order valence-electron chi connectivity index (χ1n) is 12.8. The molecule has 1 aliphatic heterocycles. The van der Waals surface area contributed by atoms with Gasteiger partial charge in [-0.25, -0.2) is 0 Å². The summed E-state index contributed by atoms with van der Waals surface area (Å²) in [6, 6.07) is 24.9. The molecule has 2 aromatic heterocycles. The molecule has 0 radical (unpaired) electrons. The fourth-order valence-corrected chi connectivity index (χ4v) is 5.81. The van der Waals surface area contributed by atoms with Crippen molar-refractivity contribution in [2.75, 3.05) is 29.1 Å². The van der Waals surface area contributed by atoms with E-state index < -0.39 is 0 Å². The molecule has 6 rings (SSSR count). The van der Waals surface area contributed by atoms with Gasteiger partial charge >= 0.3 is 0 Å². The van der Waals surface area contributed by atoms with Gasteiger partial charge in [0.15, 0.2) is 5.16 Å². The number of nitrogens with zero attached hydrogens (tertiary/aromatic N) is 5. The van der Waals surface area contributed by atoms with Crippen molar-refractivity contribution in [2.24, 2.45) is 0 Å². The van der Waals surface area contributed by atoms with Crippen molar-refractivity contribution in [1.29, 1.82) is 0 Å². The highest BCUT2D eigenvalue weighted by Gasteiger charge is 2.19. The Bertz CT molecular complexity index is 1550. The summed E-state index contributed by atoms with van der Waals surface area (Å²) >= 11 is 1.41. The van der Waals surface area contributed by atoms with Crippen molar-refractivity contribution < 1.29 is 4.79 Å². The molecular weight excluding hydrogens is 480 g/mol. The Kier molecular flexibility index (Phi) is 6.57. The molecule has 0 aliphatic carbocycles. The lowest BCUT2D eigenvalue weighted by Gasteiger charge is -2.30. The number of imidazole rings is 1. The maximum Gasteiger partial charge on any atom is 0.237 e. The van der Waals surface area contributed by atoms with E-state index in [1.807, 2.05) is 30.3 Å². The zero-order chi connectivity index (χ0) is 25.2. The SMILES string of the molecule is Cc1ccc(Cn2c3ccccc3n3c(SCC(=O)Nc4ccccc4N4CCCCC4)nnc23)cc1. The number of carbonyl (C=O) groups excluding carboxylic acids is 1. The number of para-hydroxylation sites is 4. The highest BCUT2D eigenvalue weighted by Crippen LogP contribution is 2.30. The van der Waals surface area contributed by atoms with Gasteiger partial charge in [0.05, 0.1) is 34.7 Å². The standard InChI is InChI=1S/C29H30N6OS/c1-21-13-15-22(16-14-21)19-34-25-11-5-6-12-26(25)35-28(34)31-32-29(35)37-20-27(36)30-23-9-3-4-10-24(23)33-17-7-2-8-18-33/h3-6,9-16H,2,7-8,17-20H2,1H3,(H,30,36). The summed E-state index contributed by atoms with van der Waals surface area (Å²) in [7, 11) is 0. The van der Waals surface area contributed by atoms with Crippen LogP contribution < -0.4 is 10.2 Å². The lowest BCUT2D eigenvalue weighted by Crippen LogP contribution is -2.30.